The molecule has 2 aromatic rings. The third kappa shape index (κ3) is 3.94. The van der Waals surface area contributed by atoms with Crippen LogP contribution in [0.5, 0.6) is 0 Å². The number of nitrogens with zero attached hydrogens (tertiary/aromatic N) is 1. The zero-order valence-electron chi connectivity index (χ0n) is 13.6. The third-order valence-corrected chi connectivity index (χ3v) is 5.90. The molecule has 25 heavy (non-hydrogen) atoms. The minimum atomic E-state index is -3.32. The van der Waals surface area contributed by atoms with E-state index in [9.17, 15) is 18.3 Å². The van der Waals surface area contributed by atoms with Crippen molar-refractivity contribution in [2.45, 2.75) is 25.2 Å². The molecule has 0 radical (unpaired) electrons. The molecule has 136 valence electrons. The van der Waals surface area contributed by atoms with Crippen LogP contribution in [0.2, 0.25) is 0 Å². The molecule has 1 aliphatic rings. The Morgan fingerprint density at radius 3 is 2.68 bits per heavy atom. The third-order valence-electron chi connectivity index (χ3n) is 4.20. The van der Waals surface area contributed by atoms with Crippen LogP contribution in [-0.2, 0) is 27.7 Å². The van der Waals surface area contributed by atoms with Gasteiger partial charge in [0.2, 0.25) is 0 Å². The Kier molecular flexibility index (Phi) is 4.98. The highest BCUT2D eigenvalue weighted by atomic mass is 32.2. The molecule has 3 rings (SSSR count). The fourth-order valence-corrected chi connectivity index (χ4v) is 4.82. The van der Waals surface area contributed by atoms with E-state index in [1.165, 1.54) is 25.7 Å². The minimum Gasteiger partial charge on any atom is -0.468 e. The smallest absolute Gasteiger partial charge is 0.341 e. The SMILES string of the molecule is COC(=O)c1ccoc1CN(Cc1ccco1)[C@H]1CS(=O)(=O)C[C@H]1O. The van der Waals surface area contributed by atoms with Crippen molar-refractivity contribution in [1.82, 2.24) is 4.90 Å². The quantitative estimate of drug-likeness (QED) is 0.745. The number of furan rings is 2. The number of methoxy groups -OCH3 is 1. The van der Waals surface area contributed by atoms with Crippen molar-refractivity contribution < 1.29 is 31.9 Å². The van der Waals surface area contributed by atoms with E-state index >= 15 is 0 Å². The summed E-state index contributed by atoms with van der Waals surface area (Å²) in [6, 6.07) is 4.35. The maximum absolute atomic E-state index is 11.9. The maximum atomic E-state index is 11.9. The van der Waals surface area contributed by atoms with Gasteiger partial charge >= 0.3 is 5.97 Å². The molecule has 0 unspecified atom stereocenters. The lowest BCUT2D eigenvalue weighted by atomic mass is 10.1. The van der Waals surface area contributed by atoms with Gasteiger partial charge in [0, 0.05) is 0 Å². The first-order chi connectivity index (χ1) is 11.9. The van der Waals surface area contributed by atoms with Crippen LogP contribution >= 0.6 is 0 Å². The van der Waals surface area contributed by atoms with Gasteiger partial charge in [-0.1, -0.05) is 0 Å². The fourth-order valence-electron chi connectivity index (χ4n) is 2.99. The highest BCUT2D eigenvalue weighted by Crippen LogP contribution is 2.24. The summed E-state index contributed by atoms with van der Waals surface area (Å²) in [6.07, 6.45) is 1.87. The second-order valence-corrected chi connectivity index (χ2v) is 8.10. The van der Waals surface area contributed by atoms with Crippen molar-refractivity contribution >= 4 is 15.8 Å². The molecule has 9 heteroatoms. The van der Waals surface area contributed by atoms with Gasteiger partial charge in [-0.3, -0.25) is 4.90 Å². The second-order valence-electron chi connectivity index (χ2n) is 5.94. The van der Waals surface area contributed by atoms with Crippen molar-refractivity contribution in [3.8, 4) is 0 Å². The lowest BCUT2D eigenvalue weighted by Gasteiger charge is -2.28. The minimum absolute atomic E-state index is 0.134. The number of hydrogen-bond donors (Lipinski definition) is 1. The summed E-state index contributed by atoms with van der Waals surface area (Å²) in [5.74, 6) is -0.0313. The summed E-state index contributed by atoms with van der Waals surface area (Å²) in [7, 11) is -2.05. The Morgan fingerprint density at radius 1 is 1.28 bits per heavy atom. The molecule has 2 atom stereocenters. The van der Waals surface area contributed by atoms with Gasteiger partial charge in [0.1, 0.15) is 17.1 Å². The number of carbonyl (C=O) groups excluding carboxylic acids is 1. The zero-order chi connectivity index (χ0) is 18.0. The van der Waals surface area contributed by atoms with Crippen LogP contribution in [0.4, 0.5) is 0 Å². The predicted octanol–water partition coefficient (Wildman–Crippen LogP) is 0.819. The van der Waals surface area contributed by atoms with Crippen LogP contribution in [0.3, 0.4) is 0 Å². The molecule has 1 fully saturated rings. The first-order valence-corrected chi connectivity index (χ1v) is 9.51. The molecule has 1 aliphatic heterocycles. The Labute approximate surface area is 144 Å². The molecule has 3 heterocycles. The Bertz CT molecular complexity index is 825. The van der Waals surface area contributed by atoms with Crippen molar-refractivity contribution in [3.05, 3.63) is 47.8 Å². The first-order valence-electron chi connectivity index (χ1n) is 7.69. The average molecular weight is 369 g/mol. The maximum Gasteiger partial charge on any atom is 0.341 e. The van der Waals surface area contributed by atoms with Crippen LogP contribution in [-0.4, -0.2) is 55.2 Å². The van der Waals surface area contributed by atoms with Gasteiger partial charge in [0.25, 0.3) is 0 Å². The number of rotatable bonds is 6. The molecule has 1 saturated heterocycles. The summed E-state index contributed by atoms with van der Waals surface area (Å²) in [4.78, 5) is 13.6. The molecular formula is C16H19NO7S. The molecular weight excluding hydrogens is 350 g/mol. The molecule has 0 spiro atoms. The van der Waals surface area contributed by atoms with Crippen molar-refractivity contribution in [1.29, 1.82) is 0 Å². The van der Waals surface area contributed by atoms with E-state index in [-0.39, 0.29) is 30.2 Å². The Hall–Kier alpha value is -2.10. The van der Waals surface area contributed by atoms with E-state index in [1.54, 1.807) is 17.0 Å². The lowest BCUT2D eigenvalue weighted by Crippen LogP contribution is -2.42. The number of aliphatic hydroxyl groups excluding tert-OH is 1. The summed E-state index contributed by atoms with van der Waals surface area (Å²) in [6.45, 7) is 0.404. The van der Waals surface area contributed by atoms with Crippen molar-refractivity contribution in [2.24, 2.45) is 0 Å². The van der Waals surface area contributed by atoms with E-state index in [0.717, 1.165) is 0 Å². The van der Waals surface area contributed by atoms with E-state index < -0.39 is 28.0 Å². The van der Waals surface area contributed by atoms with E-state index in [2.05, 4.69) is 0 Å². The molecule has 0 aliphatic carbocycles. The average Bonchev–Trinajstić information content (AvgIpc) is 3.26. The normalized spacial score (nSPS) is 22.4. The first kappa shape index (κ1) is 17.7. The summed E-state index contributed by atoms with van der Waals surface area (Å²) in [5.41, 5.74) is 0.266. The second kappa shape index (κ2) is 7.03. The molecule has 0 aromatic carbocycles. The summed E-state index contributed by atoms with van der Waals surface area (Å²) in [5, 5.41) is 10.2. The van der Waals surface area contributed by atoms with Gasteiger partial charge in [-0.15, -0.1) is 0 Å². The number of ether oxygens (including phenoxy) is 1. The van der Waals surface area contributed by atoms with Crippen LogP contribution < -0.4 is 0 Å². The van der Waals surface area contributed by atoms with Crippen LogP contribution in [0.25, 0.3) is 0 Å². The Balaban J connectivity index is 1.87. The zero-order valence-corrected chi connectivity index (χ0v) is 14.4. The number of esters is 1. The standard InChI is InChI=1S/C16H19NO7S/c1-22-16(19)12-4-6-24-15(12)8-17(7-11-3-2-5-23-11)13-9-25(20,21)10-14(13)18/h2-6,13-14,18H,7-10H2,1H3/t13-,14+/m0/s1. The fraction of sp³-hybridized carbons (Fsp3) is 0.438. The van der Waals surface area contributed by atoms with Crippen molar-refractivity contribution in [2.75, 3.05) is 18.6 Å². The van der Waals surface area contributed by atoms with Gasteiger partial charge in [-0.05, 0) is 18.2 Å². The van der Waals surface area contributed by atoms with Crippen LogP contribution in [0.1, 0.15) is 21.9 Å². The van der Waals surface area contributed by atoms with Crippen LogP contribution in [0.15, 0.2) is 39.6 Å². The molecule has 2 aromatic heterocycles. The lowest BCUT2D eigenvalue weighted by molar-refractivity contribution is 0.0570. The number of carbonyl (C=O) groups is 1. The monoisotopic (exact) mass is 369 g/mol. The molecule has 0 saturated carbocycles. The van der Waals surface area contributed by atoms with E-state index in [0.29, 0.717) is 11.5 Å². The largest absolute Gasteiger partial charge is 0.468 e. The highest BCUT2D eigenvalue weighted by molar-refractivity contribution is 7.91. The van der Waals surface area contributed by atoms with Gasteiger partial charge < -0.3 is 18.7 Å². The summed E-state index contributed by atoms with van der Waals surface area (Å²) < 4.78 is 39.2. The number of aliphatic hydroxyl groups is 1. The van der Waals surface area contributed by atoms with E-state index in [4.69, 9.17) is 13.6 Å². The van der Waals surface area contributed by atoms with Gasteiger partial charge in [0.05, 0.1) is 56.4 Å². The topological polar surface area (TPSA) is 110 Å². The van der Waals surface area contributed by atoms with E-state index in [1.807, 2.05) is 0 Å². The molecule has 8 nitrogen and oxygen atoms in total. The molecule has 0 amide bonds. The van der Waals surface area contributed by atoms with Gasteiger partial charge in [-0.25, -0.2) is 13.2 Å². The highest BCUT2D eigenvalue weighted by Gasteiger charge is 2.40. The number of sulfone groups is 1. The van der Waals surface area contributed by atoms with Gasteiger partial charge in [0.15, 0.2) is 9.84 Å². The van der Waals surface area contributed by atoms with Crippen LogP contribution in [0, 0.1) is 0 Å². The van der Waals surface area contributed by atoms with Crippen molar-refractivity contribution in [3.63, 3.8) is 0 Å². The Morgan fingerprint density at radius 2 is 2.08 bits per heavy atom. The number of hydrogen-bond acceptors (Lipinski definition) is 8. The predicted molar refractivity (Wildman–Crippen MR) is 86.5 cm³/mol. The van der Waals surface area contributed by atoms with Gasteiger partial charge in [-0.2, -0.15) is 0 Å². The molecule has 1 N–H and O–H groups in total. The summed E-state index contributed by atoms with van der Waals surface area (Å²) >= 11 is 0. The molecule has 0 bridgehead atoms.